The van der Waals surface area contributed by atoms with Crippen LogP contribution in [0.4, 0.5) is 5.69 Å². The molecule has 0 aliphatic heterocycles. The molecule has 2 rings (SSSR count). The van der Waals surface area contributed by atoms with Gasteiger partial charge in [-0.15, -0.1) is 0 Å². The first kappa shape index (κ1) is 12.4. The number of aromatic carboxylic acids is 1. The Hall–Kier alpha value is -1.03. The Kier molecular flexibility index (Phi) is 3.72. The Balaban J connectivity index is 2.25. The quantitative estimate of drug-likeness (QED) is 0.904. The number of anilines is 1. The van der Waals surface area contributed by atoms with E-state index in [9.17, 15) is 4.79 Å². The number of hydrogen-bond donors (Lipinski definition) is 1. The Labute approximate surface area is 110 Å². The highest BCUT2D eigenvalue weighted by atomic mass is 79.9. The number of rotatable bonds is 5. The van der Waals surface area contributed by atoms with E-state index >= 15 is 0 Å². The van der Waals surface area contributed by atoms with Crippen LogP contribution in [-0.4, -0.2) is 23.7 Å². The van der Waals surface area contributed by atoms with Crippen LogP contribution < -0.4 is 4.90 Å². The first-order chi connectivity index (χ1) is 8.13. The van der Waals surface area contributed by atoms with Gasteiger partial charge in [0.1, 0.15) is 0 Å². The SMILES string of the molecule is CCCN(c1ccc(C(=O)O)c(Br)c1)C1CC1. The van der Waals surface area contributed by atoms with Crippen LogP contribution >= 0.6 is 15.9 Å². The van der Waals surface area contributed by atoms with E-state index in [1.807, 2.05) is 12.1 Å². The normalized spacial score (nSPS) is 14.7. The molecule has 17 heavy (non-hydrogen) atoms. The maximum Gasteiger partial charge on any atom is 0.336 e. The van der Waals surface area contributed by atoms with Crippen LogP contribution in [0.25, 0.3) is 0 Å². The van der Waals surface area contributed by atoms with Crippen LogP contribution in [-0.2, 0) is 0 Å². The molecule has 4 heteroatoms. The zero-order valence-corrected chi connectivity index (χ0v) is 11.4. The number of carbonyl (C=O) groups is 1. The maximum atomic E-state index is 10.9. The van der Waals surface area contributed by atoms with Crippen molar-refractivity contribution in [1.82, 2.24) is 0 Å². The zero-order valence-electron chi connectivity index (χ0n) is 9.82. The van der Waals surface area contributed by atoms with Crippen molar-refractivity contribution in [3.8, 4) is 0 Å². The molecule has 1 fully saturated rings. The minimum atomic E-state index is -0.892. The van der Waals surface area contributed by atoms with Gasteiger partial charge in [-0.2, -0.15) is 0 Å². The minimum Gasteiger partial charge on any atom is -0.478 e. The standard InChI is InChI=1S/C13H16BrNO2/c1-2-7-15(9-3-4-9)10-5-6-11(13(16)17)12(14)8-10/h5-6,8-9H,2-4,7H2,1H3,(H,16,17). The molecule has 0 atom stereocenters. The summed E-state index contributed by atoms with van der Waals surface area (Å²) in [5.41, 5.74) is 1.44. The molecular weight excluding hydrogens is 282 g/mol. The van der Waals surface area contributed by atoms with Gasteiger partial charge in [0.2, 0.25) is 0 Å². The molecule has 1 saturated carbocycles. The fraction of sp³-hybridized carbons (Fsp3) is 0.462. The van der Waals surface area contributed by atoms with E-state index in [1.54, 1.807) is 6.07 Å². The van der Waals surface area contributed by atoms with Crippen LogP contribution in [0.2, 0.25) is 0 Å². The van der Waals surface area contributed by atoms with E-state index in [2.05, 4.69) is 27.8 Å². The van der Waals surface area contributed by atoms with Crippen molar-refractivity contribution in [3.63, 3.8) is 0 Å². The summed E-state index contributed by atoms with van der Waals surface area (Å²) >= 11 is 3.33. The summed E-state index contributed by atoms with van der Waals surface area (Å²) in [4.78, 5) is 13.3. The van der Waals surface area contributed by atoms with E-state index in [4.69, 9.17) is 5.11 Å². The van der Waals surface area contributed by atoms with Crippen molar-refractivity contribution in [2.75, 3.05) is 11.4 Å². The summed E-state index contributed by atoms with van der Waals surface area (Å²) in [7, 11) is 0. The van der Waals surface area contributed by atoms with Crippen molar-refractivity contribution >= 4 is 27.6 Å². The average molecular weight is 298 g/mol. The molecule has 0 aromatic heterocycles. The van der Waals surface area contributed by atoms with Crippen LogP contribution in [0.3, 0.4) is 0 Å². The van der Waals surface area contributed by atoms with E-state index in [1.165, 1.54) is 12.8 Å². The van der Waals surface area contributed by atoms with Crippen molar-refractivity contribution < 1.29 is 9.90 Å². The Bertz CT molecular complexity index is 429. The highest BCUT2D eigenvalue weighted by Gasteiger charge is 2.28. The monoisotopic (exact) mass is 297 g/mol. The van der Waals surface area contributed by atoms with Crippen molar-refractivity contribution in [2.45, 2.75) is 32.2 Å². The average Bonchev–Trinajstić information content (AvgIpc) is 3.09. The second kappa shape index (κ2) is 5.08. The largest absolute Gasteiger partial charge is 0.478 e. The van der Waals surface area contributed by atoms with Crippen LogP contribution in [0.5, 0.6) is 0 Å². The van der Waals surface area contributed by atoms with E-state index in [0.29, 0.717) is 16.1 Å². The third-order valence-electron chi connectivity index (χ3n) is 2.97. The summed E-state index contributed by atoms with van der Waals surface area (Å²) in [5.74, 6) is -0.892. The van der Waals surface area contributed by atoms with Gasteiger partial charge >= 0.3 is 5.97 Å². The van der Waals surface area contributed by atoms with Gasteiger partial charge in [0.15, 0.2) is 0 Å². The predicted octanol–water partition coefficient (Wildman–Crippen LogP) is 3.53. The first-order valence-electron chi connectivity index (χ1n) is 5.93. The molecule has 1 N–H and O–H groups in total. The molecule has 3 nitrogen and oxygen atoms in total. The summed E-state index contributed by atoms with van der Waals surface area (Å²) < 4.78 is 0.657. The molecule has 0 amide bonds. The summed E-state index contributed by atoms with van der Waals surface area (Å²) in [5, 5.41) is 8.98. The number of carboxylic acids is 1. The molecule has 0 spiro atoms. The van der Waals surface area contributed by atoms with Gasteiger partial charge in [-0.3, -0.25) is 0 Å². The summed E-state index contributed by atoms with van der Waals surface area (Å²) in [6, 6.07) is 6.14. The van der Waals surface area contributed by atoms with E-state index in [-0.39, 0.29) is 0 Å². The highest BCUT2D eigenvalue weighted by molar-refractivity contribution is 9.10. The molecule has 1 aliphatic carbocycles. The lowest BCUT2D eigenvalue weighted by molar-refractivity contribution is 0.0696. The summed E-state index contributed by atoms with van der Waals surface area (Å²) in [6.45, 7) is 3.19. The first-order valence-corrected chi connectivity index (χ1v) is 6.72. The Morgan fingerprint density at radius 1 is 1.53 bits per heavy atom. The number of nitrogens with zero attached hydrogens (tertiary/aromatic N) is 1. The molecule has 0 unspecified atom stereocenters. The lowest BCUT2D eigenvalue weighted by Crippen LogP contribution is -2.26. The smallest absolute Gasteiger partial charge is 0.336 e. The van der Waals surface area contributed by atoms with Crippen molar-refractivity contribution in [1.29, 1.82) is 0 Å². The van der Waals surface area contributed by atoms with E-state index in [0.717, 1.165) is 18.7 Å². The molecule has 0 heterocycles. The minimum absolute atomic E-state index is 0.320. The Morgan fingerprint density at radius 3 is 2.71 bits per heavy atom. The molecule has 92 valence electrons. The molecule has 0 saturated heterocycles. The van der Waals surface area contributed by atoms with Crippen molar-refractivity contribution in [3.05, 3.63) is 28.2 Å². The van der Waals surface area contributed by atoms with Gasteiger partial charge in [0, 0.05) is 22.7 Å². The van der Waals surface area contributed by atoms with Gasteiger partial charge < -0.3 is 10.0 Å². The molecule has 1 aromatic rings. The highest BCUT2D eigenvalue weighted by Crippen LogP contribution is 2.33. The number of hydrogen-bond acceptors (Lipinski definition) is 2. The lowest BCUT2D eigenvalue weighted by Gasteiger charge is -2.24. The Morgan fingerprint density at radius 2 is 2.24 bits per heavy atom. The summed E-state index contributed by atoms with van der Waals surface area (Å²) in [6.07, 6.45) is 3.60. The van der Waals surface area contributed by atoms with Crippen LogP contribution in [0.1, 0.15) is 36.5 Å². The second-order valence-electron chi connectivity index (χ2n) is 4.39. The van der Waals surface area contributed by atoms with Crippen LogP contribution in [0, 0.1) is 0 Å². The topological polar surface area (TPSA) is 40.5 Å². The van der Waals surface area contributed by atoms with Gasteiger partial charge in [-0.25, -0.2) is 4.79 Å². The molecule has 0 radical (unpaired) electrons. The molecule has 1 aliphatic rings. The molecular formula is C13H16BrNO2. The molecule has 0 bridgehead atoms. The molecule has 1 aromatic carbocycles. The number of halogens is 1. The van der Waals surface area contributed by atoms with Gasteiger partial charge in [0.05, 0.1) is 5.56 Å². The third kappa shape index (κ3) is 2.80. The number of carboxylic acid groups (broad SMARTS) is 1. The number of benzene rings is 1. The van der Waals surface area contributed by atoms with Crippen LogP contribution in [0.15, 0.2) is 22.7 Å². The van der Waals surface area contributed by atoms with Gasteiger partial charge in [0.25, 0.3) is 0 Å². The van der Waals surface area contributed by atoms with Crippen molar-refractivity contribution in [2.24, 2.45) is 0 Å². The maximum absolute atomic E-state index is 10.9. The zero-order chi connectivity index (χ0) is 12.4. The fourth-order valence-corrected chi connectivity index (χ4v) is 2.54. The lowest BCUT2D eigenvalue weighted by atomic mass is 10.2. The van der Waals surface area contributed by atoms with Gasteiger partial charge in [-0.1, -0.05) is 6.92 Å². The van der Waals surface area contributed by atoms with E-state index < -0.39 is 5.97 Å². The second-order valence-corrected chi connectivity index (χ2v) is 5.25. The third-order valence-corrected chi connectivity index (χ3v) is 3.62. The fourth-order valence-electron chi connectivity index (χ4n) is 2.01. The predicted molar refractivity (Wildman–Crippen MR) is 71.8 cm³/mol. The van der Waals surface area contributed by atoms with Gasteiger partial charge in [-0.05, 0) is 53.4 Å².